The van der Waals surface area contributed by atoms with Gasteiger partial charge in [-0.25, -0.2) is 0 Å². The molecule has 2 aromatic carbocycles. The average Bonchev–Trinajstić information content (AvgIpc) is 2.60. The maximum atomic E-state index is 6.24. The lowest BCUT2D eigenvalue weighted by Gasteiger charge is -2.16. The minimum atomic E-state index is -0.00127. The number of rotatable bonds is 9. The van der Waals surface area contributed by atoms with E-state index in [0.29, 0.717) is 18.9 Å². The SMILES string of the molecule is COc1cc([C@H](N)CCCCN)ccc1OCc1ccccc1. The maximum absolute atomic E-state index is 6.24. The normalized spacial score (nSPS) is 12.0. The zero-order valence-electron chi connectivity index (χ0n) is 13.7. The number of ether oxygens (including phenoxy) is 2. The first kappa shape index (κ1) is 17.3. The lowest BCUT2D eigenvalue weighted by atomic mass is 10.0. The summed E-state index contributed by atoms with van der Waals surface area (Å²) in [6.07, 6.45) is 2.96. The minimum absolute atomic E-state index is 0.00127. The summed E-state index contributed by atoms with van der Waals surface area (Å²) in [4.78, 5) is 0. The van der Waals surface area contributed by atoms with Gasteiger partial charge in [-0.2, -0.15) is 0 Å². The first-order valence-electron chi connectivity index (χ1n) is 8.05. The second-order valence-corrected chi connectivity index (χ2v) is 5.58. The average molecular weight is 314 g/mol. The Morgan fingerprint density at radius 1 is 1.00 bits per heavy atom. The van der Waals surface area contributed by atoms with Gasteiger partial charge in [-0.15, -0.1) is 0 Å². The lowest BCUT2D eigenvalue weighted by molar-refractivity contribution is 0.284. The molecule has 0 saturated carbocycles. The van der Waals surface area contributed by atoms with Crippen molar-refractivity contribution in [2.75, 3.05) is 13.7 Å². The Kier molecular flexibility index (Phi) is 6.91. The van der Waals surface area contributed by atoms with E-state index in [1.54, 1.807) is 7.11 Å². The Labute approximate surface area is 138 Å². The molecular weight excluding hydrogens is 288 g/mol. The number of benzene rings is 2. The fourth-order valence-corrected chi connectivity index (χ4v) is 2.44. The first-order chi connectivity index (χ1) is 11.2. The Morgan fingerprint density at radius 2 is 1.78 bits per heavy atom. The van der Waals surface area contributed by atoms with Gasteiger partial charge in [-0.3, -0.25) is 0 Å². The van der Waals surface area contributed by atoms with Crippen LogP contribution < -0.4 is 20.9 Å². The van der Waals surface area contributed by atoms with Crippen molar-refractivity contribution in [1.82, 2.24) is 0 Å². The van der Waals surface area contributed by atoms with Crippen LogP contribution in [0.5, 0.6) is 11.5 Å². The summed E-state index contributed by atoms with van der Waals surface area (Å²) < 4.78 is 11.3. The van der Waals surface area contributed by atoms with Gasteiger partial charge in [-0.1, -0.05) is 42.8 Å². The molecule has 2 aromatic rings. The molecule has 0 amide bonds. The highest BCUT2D eigenvalue weighted by atomic mass is 16.5. The molecule has 0 aliphatic carbocycles. The summed E-state index contributed by atoms with van der Waals surface area (Å²) in [5.74, 6) is 1.45. The van der Waals surface area contributed by atoms with Crippen molar-refractivity contribution >= 4 is 0 Å². The van der Waals surface area contributed by atoms with Crippen molar-refractivity contribution < 1.29 is 9.47 Å². The minimum Gasteiger partial charge on any atom is -0.493 e. The second-order valence-electron chi connectivity index (χ2n) is 5.58. The van der Waals surface area contributed by atoms with E-state index in [1.165, 1.54) is 0 Å². The van der Waals surface area contributed by atoms with Gasteiger partial charge in [0.1, 0.15) is 6.61 Å². The molecule has 0 saturated heterocycles. The number of hydrogen-bond donors (Lipinski definition) is 2. The molecule has 4 heteroatoms. The van der Waals surface area contributed by atoms with Crippen LogP contribution in [-0.2, 0) is 6.61 Å². The molecular formula is C19H26N2O2. The lowest BCUT2D eigenvalue weighted by Crippen LogP contribution is -2.11. The molecule has 23 heavy (non-hydrogen) atoms. The van der Waals surface area contributed by atoms with Crippen molar-refractivity contribution in [3.05, 3.63) is 59.7 Å². The molecule has 0 radical (unpaired) electrons. The zero-order chi connectivity index (χ0) is 16.5. The van der Waals surface area contributed by atoms with Crippen molar-refractivity contribution in [3.8, 4) is 11.5 Å². The van der Waals surface area contributed by atoms with Gasteiger partial charge in [0.15, 0.2) is 11.5 Å². The van der Waals surface area contributed by atoms with Gasteiger partial charge in [0.25, 0.3) is 0 Å². The van der Waals surface area contributed by atoms with Gasteiger partial charge in [0.05, 0.1) is 7.11 Å². The molecule has 0 aliphatic rings. The quantitative estimate of drug-likeness (QED) is 0.696. The molecule has 0 fully saturated rings. The van der Waals surface area contributed by atoms with Gasteiger partial charge in [0.2, 0.25) is 0 Å². The Hall–Kier alpha value is -2.04. The highest BCUT2D eigenvalue weighted by molar-refractivity contribution is 5.44. The third-order valence-electron chi connectivity index (χ3n) is 3.82. The van der Waals surface area contributed by atoms with E-state index in [2.05, 4.69) is 0 Å². The molecule has 0 aliphatic heterocycles. The monoisotopic (exact) mass is 314 g/mol. The molecule has 0 aromatic heterocycles. The molecule has 2 rings (SSSR count). The van der Waals surface area contributed by atoms with Crippen LogP contribution in [0.2, 0.25) is 0 Å². The third kappa shape index (κ3) is 5.27. The van der Waals surface area contributed by atoms with Crippen LogP contribution in [0.1, 0.15) is 36.4 Å². The fourth-order valence-electron chi connectivity index (χ4n) is 2.44. The van der Waals surface area contributed by atoms with Crippen LogP contribution in [0.25, 0.3) is 0 Å². The van der Waals surface area contributed by atoms with Gasteiger partial charge in [0, 0.05) is 6.04 Å². The third-order valence-corrected chi connectivity index (χ3v) is 3.82. The topological polar surface area (TPSA) is 70.5 Å². The van der Waals surface area contributed by atoms with Crippen molar-refractivity contribution in [3.63, 3.8) is 0 Å². The van der Waals surface area contributed by atoms with Crippen LogP contribution in [0.3, 0.4) is 0 Å². The largest absolute Gasteiger partial charge is 0.493 e. The van der Waals surface area contributed by atoms with Crippen molar-refractivity contribution in [2.45, 2.75) is 31.9 Å². The standard InChI is InChI=1S/C19H26N2O2/c1-22-19-13-16(17(21)9-5-6-12-20)10-11-18(19)23-14-15-7-3-2-4-8-15/h2-4,7-8,10-11,13,17H,5-6,9,12,14,20-21H2,1H3/t17-/m1/s1. The van der Waals surface area contributed by atoms with E-state index < -0.39 is 0 Å². The highest BCUT2D eigenvalue weighted by Crippen LogP contribution is 2.31. The summed E-state index contributed by atoms with van der Waals surface area (Å²) in [5.41, 5.74) is 13.9. The molecule has 124 valence electrons. The zero-order valence-corrected chi connectivity index (χ0v) is 13.7. The summed E-state index contributed by atoms with van der Waals surface area (Å²) in [6.45, 7) is 1.22. The molecule has 4 N–H and O–H groups in total. The van der Waals surface area contributed by atoms with Crippen molar-refractivity contribution in [1.29, 1.82) is 0 Å². The van der Waals surface area contributed by atoms with Crippen LogP contribution in [0.15, 0.2) is 48.5 Å². The number of methoxy groups -OCH3 is 1. The summed E-state index contributed by atoms with van der Waals surface area (Å²) in [5, 5.41) is 0. The van der Waals surface area contributed by atoms with E-state index in [0.717, 1.165) is 36.1 Å². The fraction of sp³-hybridized carbons (Fsp3) is 0.368. The van der Waals surface area contributed by atoms with E-state index >= 15 is 0 Å². The van der Waals surface area contributed by atoms with Gasteiger partial charge >= 0.3 is 0 Å². The molecule has 0 unspecified atom stereocenters. The van der Waals surface area contributed by atoms with Crippen LogP contribution in [-0.4, -0.2) is 13.7 Å². The van der Waals surface area contributed by atoms with Gasteiger partial charge < -0.3 is 20.9 Å². The number of hydrogen-bond acceptors (Lipinski definition) is 4. The van der Waals surface area contributed by atoms with Gasteiger partial charge in [-0.05, 0) is 42.6 Å². The number of unbranched alkanes of at least 4 members (excludes halogenated alkanes) is 1. The molecule has 0 heterocycles. The Morgan fingerprint density at radius 3 is 2.48 bits per heavy atom. The Bertz CT molecular complexity index is 587. The smallest absolute Gasteiger partial charge is 0.161 e. The summed E-state index contributed by atoms with van der Waals surface area (Å²) >= 11 is 0. The highest BCUT2D eigenvalue weighted by Gasteiger charge is 2.11. The van der Waals surface area contributed by atoms with Crippen molar-refractivity contribution in [2.24, 2.45) is 11.5 Å². The van der Waals surface area contributed by atoms with E-state index in [4.69, 9.17) is 20.9 Å². The van der Waals surface area contributed by atoms with Crippen LogP contribution in [0.4, 0.5) is 0 Å². The summed E-state index contributed by atoms with van der Waals surface area (Å²) in [6, 6.07) is 16.0. The molecule has 0 bridgehead atoms. The molecule has 1 atom stereocenters. The van der Waals surface area contributed by atoms with Crippen LogP contribution >= 0.6 is 0 Å². The predicted octanol–water partition coefficient (Wildman–Crippen LogP) is 3.40. The van der Waals surface area contributed by atoms with E-state index in [9.17, 15) is 0 Å². The molecule has 4 nitrogen and oxygen atoms in total. The van der Waals surface area contributed by atoms with E-state index in [1.807, 2.05) is 48.5 Å². The van der Waals surface area contributed by atoms with Crippen LogP contribution in [0, 0.1) is 0 Å². The predicted molar refractivity (Wildman–Crippen MR) is 93.6 cm³/mol. The summed E-state index contributed by atoms with van der Waals surface area (Å²) in [7, 11) is 1.65. The first-order valence-corrected chi connectivity index (χ1v) is 8.05. The van der Waals surface area contributed by atoms with E-state index in [-0.39, 0.29) is 6.04 Å². The maximum Gasteiger partial charge on any atom is 0.161 e. The molecule has 0 spiro atoms. The second kappa shape index (κ2) is 9.18. The number of nitrogens with two attached hydrogens (primary N) is 2. The Balaban J connectivity index is 2.01.